The topological polar surface area (TPSA) is 20.2 Å². The summed E-state index contributed by atoms with van der Waals surface area (Å²) in [5, 5.41) is 9.90. The Kier molecular flexibility index (Phi) is 6.06. The summed E-state index contributed by atoms with van der Waals surface area (Å²) in [5.74, 6) is 1.04. The molecule has 1 N–H and O–H groups in total. The molecule has 1 nitrogen and oxygen atoms in total. The van der Waals surface area contributed by atoms with Crippen molar-refractivity contribution in [3.05, 3.63) is 11.6 Å². The maximum atomic E-state index is 9.90. The van der Waals surface area contributed by atoms with Crippen LogP contribution in [0.3, 0.4) is 0 Å². The SMILES string of the molecule is CC/C=C(\C)C(O)C(C)CC(C)C. The van der Waals surface area contributed by atoms with Crippen molar-refractivity contribution in [2.45, 2.75) is 53.6 Å². The highest BCUT2D eigenvalue weighted by Gasteiger charge is 2.16. The summed E-state index contributed by atoms with van der Waals surface area (Å²) in [5.41, 5.74) is 1.12. The lowest BCUT2D eigenvalue weighted by Crippen LogP contribution is -2.20. The van der Waals surface area contributed by atoms with Crippen LogP contribution in [0, 0.1) is 11.8 Å². The van der Waals surface area contributed by atoms with Crippen molar-refractivity contribution in [2.75, 3.05) is 0 Å². The molecule has 0 aromatic carbocycles. The smallest absolute Gasteiger partial charge is 0.0773 e. The fourth-order valence-electron chi connectivity index (χ4n) is 1.76. The molecule has 0 aliphatic rings. The predicted molar refractivity (Wildman–Crippen MR) is 58.7 cm³/mol. The van der Waals surface area contributed by atoms with E-state index < -0.39 is 0 Å². The van der Waals surface area contributed by atoms with Gasteiger partial charge in [0.15, 0.2) is 0 Å². The van der Waals surface area contributed by atoms with Gasteiger partial charge in [0.2, 0.25) is 0 Å². The molecule has 0 radical (unpaired) electrons. The van der Waals surface area contributed by atoms with Crippen molar-refractivity contribution >= 4 is 0 Å². The van der Waals surface area contributed by atoms with E-state index in [2.05, 4.69) is 33.8 Å². The van der Waals surface area contributed by atoms with Crippen LogP contribution < -0.4 is 0 Å². The second-order valence-electron chi connectivity index (χ2n) is 4.41. The van der Waals surface area contributed by atoms with Gasteiger partial charge in [-0.1, -0.05) is 33.8 Å². The summed E-state index contributed by atoms with van der Waals surface area (Å²) in [6.45, 7) is 10.6. The molecule has 0 aliphatic carbocycles. The molecule has 2 atom stereocenters. The first-order chi connectivity index (χ1) is 5.99. The Labute approximate surface area is 82.9 Å². The lowest BCUT2D eigenvalue weighted by Gasteiger charge is -2.21. The third-order valence-electron chi connectivity index (χ3n) is 2.37. The summed E-state index contributed by atoms with van der Waals surface area (Å²) < 4.78 is 0. The Hall–Kier alpha value is -0.300. The van der Waals surface area contributed by atoms with E-state index in [9.17, 15) is 5.11 Å². The van der Waals surface area contributed by atoms with Crippen LogP contribution in [-0.4, -0.2) is 11.2 Å². The van der Waals surface area contributed by atoms with Crippen LogP contribution in [0.25, 0.3) is 0 Å². The molecule has 1 heteroatoms. The maximum Gasteiger partial charge on any atom is 0.0773 e. The van der Waals surface area contributed by atoms with Crippen LogP contribution in [0.2, 0.25) is 0 Å². The van der Waals surface area contributed by atoms with Crippen molar-refractivity contribution in [2.24, 2.45) is 11.8 Å². The second-order valence-corrected chi connectivity index (χ2v) is 4.41. The van der Waals surface area contributed by atoms with E-state index in [1.54, 1.807) is 0 Å². The summed E-state index contributed by atoms with van der Waals surface area (Å²) in [6, 6.07) is 0. The Bertz CT molecular complexity index is 159. The molecule has 0 saturated carbocycles. The molecular weight excluding hydrogens is 160 g/mol. The average Bonchev–Trinajstić information content (AvgIpc) is 2.02. The molecule has 0 amide bonds. The average molecular weight is 184 g/mol. The molecule has 0 aromatic rings. The minimum absolute atomic E-state index is 0.248. The zero-order valence-corrected chi connectivity index (χ0v) is 9.67. The number of hydrogen-bond acceptors (Lipinski definition) is 1. The third kappa shape index (κ3) is 5.09. The van der Waals surface area contributed by atoms with Gasteiger partial charge in [-0.15, -0.1) is 0 Å². The van der Waals surface area contributed by atoms with Gasteiger partial charge < -0.3 is 5.11 Å². The fraction of sp³-hybridized carbons (Fsp3) is 0.833. The molecule has 0 bridgehead atoms. The second kappa shape index (κ2) is 6.20. The number of rotatable bonds is 5. The van der Waals surface area contributed by atoms with E-state index >= 15 is 0 Å². The molecule has 0 spiro atoms. The molecule has 2 unspecified atom stereocenters. The molecule has 0 rings (SSSR count). The van der Waals surface area contributed by atoms with Crippen molar-refractivity contribution in [1.29, 1.82) is 0 Å². The minimum Gasteiger partial charge on any atom is -0.388 e. The highest BCUT2D eigenvalue weighted by atomic mass is 16.3. The van der Waals surface area contributed by atoms with E-state index in [0.29, 0.717) is 11.8 Å². The van der Waals surface area contributed by atoms with E-state index in [1.165, 1.54) is 0 Å². The van der Waals surface area contributed by atoms with Crippen LogP contribution in [0.4, 0.5) is 0 Å². The monoisotopic (exact) mass is 184 g/mol. The molecule has 0 heterocycles. The van der Waals surface area contributed by atoms with Crippen LogP contribution >= 0.6 is 0 Å². The molecule has 0 saturated heterocycles. The van der Waals surface area contributed by atoms with Gasteiger partial charge in [-0.05, 0) is 37.2 Å². The summed E-state index contributed by atoms with van der Waals surface area (Å²) in [6.07, 6.45) is 3.97. The zero-order chi connectivity index (χ0) is 10.4. The Morgan fingerprint density at radius 2 is 1.85 bits per heavy atom. The molecule has 0 aromatic heterocycles. The lowest BCUT2D eigenvalue weighted by atomic mass is 9.90. The fourth-order valence-corrected chi connectivity index (χ4v) is 1.76. The lowest BCUT2D eigenvalue weighted by molar-refractivity contribution is 0.137. The van der Waals surface area contributed by atoms with Gasteiger partial charge in [-0.2, -0.15) is 0 Å². The van der Waals surface area contributed by atoms with Crippen LogP contribution in [0.15, 0.2) is 11.6 Å². The van der Waals surface area contributed by atoms with Crippen molar-refractivity contribution in [3.63, 3.8) is 0 Å². The Balaban J connectivity index is 4.08. The minimum atomic E-state index is -0.248. The third-order valence-corrected chi connectivity index (χ3v) is 2.37. The first kappa shape index (κ1) is 12.7. The van der Waals surface area contributed by atoms with Crippen molar-refractivity contribution < 1.29 is 5.11 Å². The molecular formula is C12H24O. The van der Waals surface area contributed by atoms with Gasteiger partial charge in [0.1, 0.15) is 0 Å². The highest BCUT2D eigenvalue weighted by Crippen LogP contribution is 2.19. The van der Waals surface area contributed by atoms with Crippen LogP contribution in [0.5, 0.6) is 0 Å². The van der Waals surface area contributed by atoms with Gasteiger partial charge in [0.25, 0.3) is 0 Å². The van der Waals surface area contributed by atoms with E-state index in [4.69, 9.17) is 0 Å². The number of aliphatic hydroxyl groups excluding tert-OH is 1. The van der Waals surface area contributed by atoms with E-state index in [1.807, 2.05) is 6.92 Å². The van der Waals surface area contributed by atoms with Crippen molar-refractivity contribution in [3.8, 4) is 0 Å². The molecule has 0 fully saturated rings. The van der Waals surface area contributed by atoms with Gasteiger partial charge in [0.05, 0.1) is 6.10 Å². The van der Waals surface area contributed by atoms with Gasteiger partial charge in [0, 0.05) is 0 Å². The zero-order valence-electron chi connectivity index (χ0n) is 9.67. The first-order valence-electron chi connectivity index (χ1n) is 5.33. The first-order valence-corrected chi connectivity index (χ1v) is 5.33. The highest BCUT2D eigenvalue weighted by molar-refractivity contribution is 5.05. The molecule has 13 heavy (non-hydrogen) atoms. The number of allylic oxidation sites excluding steroid dienone is 1. The number of hydrogen-bond donors (Lipinski definition) is 1. The van der Waals surface area contributed by atoms with Crippen LogP contribution in [0.1, 0.15) is 47.5 Å². The molecule has 0 aliphatic heterocycles. The van der Waals surface area contributed by atoms with Gasteiger partial charge in [-0.3, -0.25) is 0 Å². The number of aliphatic hydroxyl groups is 1. The standard InChI is InChI=1S/C12H24O/c1-6-7-10(4)12(13)11(5)8-9(2)3/h7,9,11-13H,6,8H2,1-5H3/b10-7+. The molecule has 78 valence electrons. The van der Waals surface area contributed by atoms with Gasteiger partial charge in [-0.25, -0.2) is 0 Å². The van der Waals surface area contributed by atoms with Crippen LogP contribution in [-0.2, 0) is 0 Å². The predicted octanol–water partition coefficient (Wildman–Crippen LogP) is 3.39. The largest absolute Gasteiger partial charge is 0.388 e. The van der Waals surface area contributed by atoms with E-state index in [-0.39, 0.29) is 6.10 Å². The summed E-state index contributed by atoms with van der Waals surface area (Å²) in [4.78, 5) is 0. The quantitative estimate of drug-likeness (QED) is 0.649. The van der Waals surface area contributed by atoms with Gasteiger partial charge >= 0.3 is 0 Å². The van der Waals surface area contributed by atoms with E-state index in [0.717, 1.165) is 18.4 Å². The Morgan fingerprint density at radius 3 is 2.23 bits per heavy atom. The normalized spacial score (nSPS) is 17.6. The summed E-state index contributed by atoms with van der Waals surface area (Å²) in [7, 11) is 0. The Morgan fingerprint density at radius 1 is 1.31 bits per heavy atom. The van der Waals surface area contributed by atoms with Crippen molar-refractivity contribution in [1.82, 2.24) is 0 Å². The maximum absolute atomic E-state index is 9.90. The summed E-state index contributed by atoms with van der Waals surface area (Å²) >= 11 is 0.